The van der Waals surface area contributed by atoms with E-state index in [4.69, 9.17) is 27.9 Å². The first kappa shape index (κ1) is 18.7. The molecule has 25 heavy (non-hydrogen) atoms. The molecule has 0 bridgehead atoms. The summed E-state index contributed by atoms with van der Waals surface area (Å²) in [5, 5.41) is 4.20. The van der Waals surface area contributed by atoms with Gasteiger partial charge in [-0.1, -0.05) is 42.1 Å². The van der Waals surface area contributed by atoms with E-state index in [0.29, 0.717) is 16.1 Å². The van der Waals surface area contributed by atoms with E-state index in [0.717, 1.165) is 44.7 Å². The van der Waals surface area contributed by atoms with Crippen LogP contribution in [0.15, 0.2) is 24.3 Å². The second-order valence-electron chi connectivity index (χ2n) is 6.62. The minimum atomic E-state index is -0.0590. The molecule has 2 aliphatic rings. The third-order valence-electron chi connectivity index (χ3n) is 4.94. The zero-order valence-electron chi connectivity index (χ0n) is 14.2. The standard InChI is InChI=1S/C19H24Cl2N2O2/c20-15-7-5-14(13-16(15)21)6-8-19(24)22-17-3-1-2-4-18(17)23-9-11-25-12-10-23/h5-8,13,17-18H,1-4,9-12H2,(H,22,24)/t17-,18-/m1/s1. The summed E-state index contributed by atoms with van der Waals surface area (Å²) in [7, 11) is 0. The van der Waals surface area contributed by atoms with Crippen molar-refractivity contribution in [2.75, 3.05) is 26.3 Å². The summed E-state index contributed by atoms with van der Waals surface area (Å²) in [4.78, 5) is 14.8. The Bertz CT molecular complexity index is 630. The molecule has 1 amide bonds. The van der Waals surface area contributed by atoms with Crippen molar-refractivity contribution >= 4 is 35.2 Å². The molecule has 1 saturated carbocycles. The van der Waals surface area contributed by atoms with Crippen LogP contribution in [0.5, 0.6) is 0 Å². The van der Waals surface area contributed by atoms with E-state index in [1.807, 2.05) is 6.07 Å². The van der Waals surface area contributed by atoms with Gasteiger partial charge < -0.3 is 10.1 Å². The van der Waals surface area contributed by atoms with Crippen molar-refractivity contribution in [1.82, 2.24) is 10.2 Å². The van der Waals surface area contributed by atoms with Gasteiger partial charge in [0.2, 0.25) is 5.91 Å². The van der Waals surface area contributed by atoms with Gasteiger partial charge in [0.05, 0.1) is 23.3 Å². The topological polar surface area (TPSA) is 41.6 Å². The molecular weight excluding hydrogens is 359 g/mol. The Morgan fingerprint density at radius 1 is 1.16 bits per heavy atom. The third kappa shape index (κ3) is 5.20. The largest absolute Gasteiger partial charge is 0.379 e. The normalized spacial score (nSPS) is 25.2. The average molecular weight is 383 g/mol. The number of morpholine rings is 1. The van der Waals surface area contributed by atoms with Crippen LogP contribution < -0.4 is 5.32 Å². The Labute approximate surface area is 159 Å². The predicted octanol–water partition coefficient (Wildman–Crippen LogP) is 3.77. The molecule has 1 aromatic rings. The van der Waals surface area contributed by atoms with Crippen molar-refractivity contribution in [3.05, 3.63) is 39.9 Å². The number of amides is 1. The van der Waals surface area contributed by atoms with E-state index in [2.05, 4.69) is 10.2 Å². The number of benzene rings is 1. The molecule has 0 unspecified atom stereocenters. The van der Waals surface area contributed by atoms with E-state index >= 15 is 0 Å². The van der Waals surface area contributed by atoms with Crippen LogP contribution in [0.3, 0.4) is 0 Å². The number of carbonyl (C=O) groups is 1. The maximum Gasteiger partial charge on any atom is 0.244 e. The molecule has 1 aliphatic carbocycles. The second kappa shape index (κ2) is 9.04. The summed E-state index contributed by atoms with van der Waals surface area (Å²) in [6, 6.07) is 5.95. The molecule has 0 spiro atoms. The first-order chi connectivity index (χ1) is 12.1. The van der Waals surface area contributed by atoms with Crippen molar-refractivity contribution in [1.29, 1.82) is 0 Å². The average Bonchev–Trinajstić information content (AvgIpc) is 2.64. The lowest BCUT2D eigenvalue weighted by Gasteiger charge is -2.41. The molecule has 6 heteroatoms. The number of hydrogen-bond donors (Lipinski definition) is 1. The van der Waals surface area contributed by atoms with Gasteiger partial charge in [0.25, 0.3) is 0 Å². The number of hydrogen-bond acceptors (Lipinski definition) is 3. The van der Waals surface area contributed by atoms with Crippen LogP contribution in [-0.4, -0.2) is 49.2 Å². The van der Waals surface area contributed by atoms with Gasteiger partial charge in [0.1, 0.15) is 0 Å². The molecule has 1 N–H and O–H groups in total. The minimum absolute atomic E-state index is 0.0590. The van der Waals surface area contributed by atoms with Gasteiger partial charge in [-0.25, -0.2) is 0 Å². The zero-order chi connectivity index (χ0) is 17.6. The second-order valence-corrected chi connectivity index (χ2v) is 7.44. The van der Waals surface area contributed by atoms with Crippen LogP contribution in [0.1, 0.15) is 31.2 Å². The lowest BCUT2D eigenvalue weighted by atomic mass is 9.88. The Hall–Kier alpha value is -1.07. The fourth-order valence-corrected chi connectivity index (χ4v) is 3.95. The molecule has 3 rings (SSSR count). The molecule has 1 heterocycles. The number of nitrogens with zero attached hydrogens (tertiary/aromatic N) is 1. The zero-order valence-corrected chi connectivity index (χ0v) is 15.7. The van der Waals surface area contributed by atoms with Gasteiger partial charge >= 0.3 is 0 Å². The molecule has 1 aromatic carbocycles. The van der Waals surface area contributed by atoms with E-state index in [1.54, 1.807) is 24.3 Å². The van der Waals surface area contributed by atoms with Crippen molar-refractivity contribution < 1.29 is 9.53 Å². The summed E-state index contributed by atoms with van der Waals surface area (Å²) in [6.07, 6.45) is 7.92. The molecule has 2 atom stereocenters. The number of carbonyl (C=O) groups excluding carboxylic acids is 1. The summed E-state index contributed by atoms with van der Waals surface area (Å²) in [5.41, 5.74) is 0.859. The monoisotopic (exact) mass is 382 g/mol. The van der Waals surface area contributed by atoms with Gasteiger partial charge in [-0.05, 0) is 36.6 Å². The quantitative estimate of drug-likeness (QED) is 0.805. The minimum Gasteiger partial charge on any atom is -0.379 e. The third-order valence-corrected chi connectivity index (χ3v) is 5.68. The Balaban J connectivity index is 1.59. The molecule has 2 fully saturated rings. The first-order valence-corrected chi connectivity index (χ1v) is 9.64. The molecule has 136 valence electrons. The maximum atomic E-state index is 12.4. The highest BCUT2D eigenvalue weighted by atomic mass is 35.5. The van der Waals surface area contributed by atoms with E-state index in [-0.39, 0.29) is 11.9 Å². The fraction of sp³-hybridized carbons (Fsp3) is 0.526. The Morgan fingerprint density at radius 3 is 2.68 bits per heavy atom. The number of ether oxygens (including phenoxy) is 1. The van der Waals surface area contributed by atoms with Crippen molar-refractivity contribution in [2.45, 2.75) is 37.8 Å². The van der Waals surface area contributed by atoms with Crippen LogP contribution in [-0.2, 0) is 9.53 Å². The van der Waals surface area contributed by atoms with E-state index in [9.17, 15) is 4.79 Å². The SMILES string of the molecule is O=C(C=Cc1ccc(Cl)c(Cl)c1)N[C@@H]1CCCC[C@H]1N1CCOCC1. The molecule has 1 saturated heterocycles. The van der Waals surface area contributed by atoms with Crippen molar-refractivity contribution in [3.63, 3.8) is 0 Å². The van der Waals surface area contributed by atoms with Crippen LogP contribution in [0.4, 0.5) is 0 Å². The summed E-state index contributed by atoms with van der Waals surface area (Å²) in [6.45, 7) is 3.48. The van der Waals surface area contributed by atoms with E-state index < -0.39 is 0 Å². The van der Waals surface area contributed by atoms with Crippen molar-refractivity contribution in [3.8, 4) is 0 Å². The number of nitrogens with one attached hydrogen (secondary N) is 1. The smallest absolute Gasteiger partial charge is 0.244 e. The van der Waals surface area contributed by atoms with Crippen LogP contribution >= 0.6 is 23.2 Å². The highest BCUT2D eigenvalue weighted by molar-refractivity contribution is 6.42. The lowest BCUT2D eigenvalue weighted by molar-refractivity contribution is -0.118. The number of halogens is 2. The summed E-state index contributed by atoms with van der Waals surface area (Å²) in [5.74, 6) is -0.0590. The fourth-order valence-electron chi connectivity index (χ4n) is 3.64. The molecule has 1 aliphatic heterocycles. The molecular formula is C19H24Cl2N2O2. The number of rotatable bonds is 4. The highest BCUT2D eigenvalue weighted by Gasteiger charge is 2.31. The van der Waals surface area contributed by atoms with Crippen LogP contribution in [0.2, 0.25) is 10.0 Å². The van der Waals surface area contributed by atoms with Gasteiger partial charge in [0, 0.05) is 31.2 Å². The first-order valence-electron chi connectivity index (χ1n) is 8.89. The van der Waals surface area contributed by atoms with Crippen LogP contribution in [0, 0.1) is 0 Å². The molecule has 0 radical (unpaired) electrons. The van der Waals surface area contributed by atoms with Gasteiger partial charge in [0.15, 0.2) is 0 Å². The molecule has 0 aromatic heterocycles. The Morgan fingerprint density at radius 2 is 1.92 bits per heavy atom. The van der Waals surface area contributed by atoms with Gasteiger partial charge in [-0.15, -0.1) is 0 Å². The Kier molecular flexibility index (Phi) is 6.77. The van der Waals surface area contributed by atoms with Crippen LogP contribution in [0.25, 0.3) is 6.08 Å². The maximum absolute atomic E-state index is 12.4. The van der Waals surface area contributed by atoms with Crippen molar-refractivity contribution in [2.24, 2.45) is 0 Å². The van der Waals surface area contributed by atoms with E-state index in [1.165, 1.54) is 12.8 Å². The predicted molar refractivity (Wildman–Crippen MR) is 102 cm³/mol. The summed E-state index contributed by atoms with van der Waals surface area (Å²) < 4.78 is 5.45. The lowest BCUT2D eigenvalue weighted by Crippen LogP contribution is -2.55. The molecule has 4 nitrogen and oxygen atoms in total. The highest BCUT2D eigenvalue weighted by Crippen LogP contribution is 2.25. The van der Waals surface area contributed by atoms with Gasteiger partial charge in [-0.2, -0.15) is 0 Å². The summed E-state index contributed by atoms with van der Waals surface area (Å²) >= 11 is 11.9. The van der Waals surface area contributed by atoms with Gasteiger partial charge in [-0.3, -0.25) is 9.69 Å².